The maximum Gasteiger partial charge on any atom is 0.261 e. The zero-order valence-corrected chi connectivity index (χ0v) is 14.3. The largest absolute Gasteiger partial charge is 0.322 e. The van der Waals surface area contributed by atoms with Crippen LogP contribution >= 0.6 is 0 Å². The Balaban J connectivity index is 1.90. The van der Waals surface area contributed by atoms with Crippen molar-refractivity contribution in [1.82, 2.24) is 4.57 Å². The third-order valence-electron chi connectivity index (χ3n) is 3.80. The Morgan fingerprint density at radius 1 is 0.917 bits per heavy atom. The van der Waals surface area contributed by atoms with Crippen LogP contribution < -0.4 is 4.72 Å². The smallest absolute Gasteiger partial charge is 0.261 e. The van der Waals surface area contributed by atoms with E-state index in [4.69, 9.17) is 0 Å². The highest BCUT2D eigenvalue weighted by molar-refractivity contribution is 7.92. The number of rotatable bonds is 6. The topological polar surface area (TPSA) is 51.1 Å². The fraction of sp³-hybridized carbons (Fsp3) is 0.158. The lowest BCUT2D eigenvalue weighted by Gasteiger charge is -2.13. The summed E-state index contributed by atoms with van der Waals surface area (Å²) in [4.78, 5) is 0.268. The maximum atomic E-state index is 12.7. The van der Waals surface area contributed by atoms with Crippen molar-refractivity contribution in [2.75, 3.05) is 4.72 Å². The van der Waals surface area contributed by atoms with Crippen LogP contribution in [0.2, 0.25) is 0 Å². The number of hydrogen-bond acceptors (Lipinski definition) is 2. The van der Waals surface area contributed by atoms with E-state index in [1.165, 1.54) is 0 Å². The summed E-state index contributed by atoms with van der Waals surface area (Å²) in [6, 6.07) is 18.2. The number of anilines is 1. The zero-order valence-electron chi connectivity index (χ0n) is 13.5. The highest BCUT2D eigenvalue weighted by Gasteiger charge is 2.16. The maximum absolute atomic E-state index is 12.7. The van der Waals surface area contributed by atoms with Crippen molar-refractivity contribution in [3.05, 3.63) is 78.6 Å². The van der Waals surface area contributed by atoms with Crippen LogP contribution in [0.4, 0.5) is 5.69 Å². The van der Waals surface area contributed by atoms with Gasteiger partial charge in [-0.2, -0.15) is 0 Å². The van der Waals surface area contributed by atoms with Gasteiger partial charge in [-0.15, -0.1) is 0 Å². The van der Waals surface area contributed by atoms with Gasteiger partial charge in [0.05, 0.1) is 16.3 Å². The third-order valence-corrected chi connectivity index (χ3v) is 5.18. The minimum absolute atomic E-state index is 0.268. The van der Waals surface area contributed by atoms with Gasteiger partial charge in [-0.05, 0) is 48.4 Å². The molecule has 0 spiro atoms. The lowest BCUT2D eigenvalue weighted by Crippen LogP contribution is -2.14. The van der Waals surface area contributed by atoms with E-state index in [9.17, 15) is 8.42 Å². The molecule has 1 N–H and O–H groups in total. The van der Waals surface area contributed by atoms with Crippen LogP contribution in [0.1, 0.15) is 18.9 Å². The molecule has 24 heavy (non-hydrogen) atoms. The minimum atomic E-state index is -3.62. The van der Waals surface area contributed by atoms with Crippen molar-refractivity contribution in [3.8, 4) is 5.69 Å². The molecule has 5 heteroatoms. The van der Waals surface area contributed by atoms with Crippen molar-refractivity contribution >= 4 is 15.7 Å². The van der Waals surface area contributed by atoms with Crippen molar-refractivity contribution in [2.45, 2.75) is 24.7 Å². The number of hydrogen-bond donors (Lipinski definition) is 1. The zero-order chi connectivity index (χ0) is 17.0. The molecular formula is C19H20N2O2S. The molecule has 0 aliphatic carbocycles. The van der Waals surface area contributed by atoms with Gasteiger partial charge < -0.3 is 4.57 Å². The normalized spacial score (nSPS) is 11.4. The van der Waals surface area contributed by atoms with Crippen molar-refractivity contribution in [1.29, 1.82) is 0 Å². The first kappa shape index (κ1) is 16.3. The number of benzene rings is 2. The Morgan fingerprint density at radius 3 is 2.25 bits per heavy atom. The fourth-order valence-corrected chi connectivity index (χ4v) is 3.68. The summed E-state index contributed by atoms with van der Waals surface area (Å²) in [6.45, 7) is 2.10. The van der Waals surface area contributed by atoms with Crippen molar-refractivity contribution in [3.63, 3.8) is 0 Å². The van der Waals surface area contributed by atoms with Gasteiger partial charge in [0.25, 0.3) is 10.0 Å². The molecule has 2 aromatic carbocycles. The Kier molecular flexibility index (Phi) is 4.71. The van der Waals surface area contributed by atoms with E-state index in [0.29, 0.717) is 5.69 Å². The first-order valence-corrected chi connectivity index (χ1v) is 9.42. The lowest BCUT2D eigenvalue weighted by atomic mass is 10.1. The Morgan fingerprint density at radius 2 is 1.58 bits per heavy atom. The average Bonchev–Trinajstić information content (AvgIpc) is 3.10. The molecule has 0 fully saturated rings. The predicted octanol–water partition coefficient (Wildman–Crippen LogP) is 4.23. The van der Waals surface area contributed by atoms with Crippen LogP contribution in [0, 0.1) is 0 Å². The van der Waals surface area contributed by atoms with Crippen LogP contribution in [-0.2, 0) is 16.4 Å². The van der Waals surface area contributed by atoms with E-state index in [1.807, 2.05) is 59.4 Å². The molecule has 0 saturated carbocycles. The molecule has 0 unspecified atom stereocenters. The summed E-state index contributed by atoms with van der Waals surface area (Å²) < 4.78 is 29.9. The summed E-state index contributed by atoms with van der Waals surface area (Å²) in [5.41, 5.74) is 2.48. The molecule has 0 bridgehead atoms. The van der Waals surface area contributed by atoms with E-state index < -0.39 is 10.0 Å². The monoisotopic (exact) mass is 340 g/mol. The number of nitrogens with zero attached hydrogens (tertiary/aromatic N) is 1. The van der Waals surface area contributed by atoms with Crippen LogP contribution in [0.5, 0.6) is 0 Å². The standard InChI is InChI=1S/C19H20N2O2S/c1-2-7-16-10-12-17(13-11-16)24(22,23)20-18-8-3-4-9-19(18)21-14-5-6-15-21/h3-6,8-15,20H,2,7H2,1H3. The van der Waals surface area contributed by atoms with Gasteiger partial charge in [0.15, 0.2) is 0 Å². The van der Waals surface area contributed by atoms with Gasteiger partial charge in [-0.3, -0.25) is 4.72 Å². The summed E-state index contributed by atoms with van der Waals surface area (Å²) in [5.74, 6) is 0. The Bertz CT molecular complexity index is 899. The molecule has 124 valence electrons. The lowest BCUT2D eigenvalue weighted by molar-refractivity contribution is 0.601. The van der Waals surface area contributed by atoms with Crippen molar-refractivity contribution < 1.29 is 8.42 Å². The number of aryl methyl sites for hydroxylation is 1. The third kappa shape index (κ3) is 3.51. The molecule has 0 radical (unpaired) electrons. The van der Waals surface area contributed by atoms with E-state index >= 15 is 0 Å². The first-order chi connectivity index (χ1) is 11.6. The summed E-state index contributed by atoms with van der Waals surface area (Å²) >= 11 is 0. The van der Waals surface area contributed by atoms with Crippen LogP contribution in [0.3, 0.4) is 0 Å². The van der Waals surface area contributed by atoms with Crippen LogP contribution in [0.15, 0.2) is 78.0 Å². The molecule has 0 amide bonds. The van der Waals surface area contributed by atoms with Gasteiger partial charge >= 0.3 is 0 Å². The molecular weight excluding hydrogens is 320 g/mol. The van der Waals surface area contributed by atoms with E-state index in [2.05, 4.69) is 11.6 Å². The minimum Gasteiger partial charge on any atom is -0.322 e. The highest BCUT2D eigenvalue weighted by Crippen LogP contribution is 2.23. The molecule has 1 heterocycles. The first-order valence-electron chi connectivity index (χ1n) is 7.94. The predicted molar refractivity (Wildman–Crippen MR) is 97.0 cm³/mol. The van der Waals surface area contributed by atoms with Crippen molar-refractivity contribution in [2.24, 2.45) is 0 Å². The molecule has 0 aliphatic rings. The van der Waals surface area contributed by atoms with Gasteiger partial charge in [-0.25, -0.2) is 8.42 Å². The molecule has 4 nitrogen and oxygen atoms in total. The van der Waals surface area contributed by atoms with Crippen LogP contribution in [0.25, 0.3) is 5.69 Å². The summed E-state index contributed by atoms with van der Waals surface area (Å²) in [7, 11) is -3.62. The average molecular weight is 340 g/mol. The number of sulfonamides is 1. The SMILES string of the molecule is CCCc1ccc(S(=O)(=O)Nc2ccccc2-n2cccc2)cc1. The summed E-state index contributed by atoms with van der Waals surface area (Å²) in [5, 5.41) is 0. The Hall–Kier alpha value is -2.53. The van der Waals surface area contributed by atoms with Gasteiger partial charge in [0.2, 0.25) is 0 Å². The van der Waals surface area contributed by atoms with E-state index in [1.54, 1.807) is 18.2 Å². The molecule has 1 aromatic heterocycles. The van der Waals surface area contributed by atoms with E-state index in [0.717, 1.165) is 24.1 Å². The second-order valence-electron chi connectivity index (χ2n) is 5.61. The number of aromatic nitrogens is 1. The summed E-state index contributed by atoms with van der Waals surface area (Å²) in [6.07, 6.45) is 5.75. The fourth-order valence-electron chi connectivity index (χ4n) is 2.61. The van der Waals surface area contributed by atoms with Gasteiger partial charge in [-0.1, -0.05) is 37.6 Å². The number of nitrogens with one attached hydrogen (secondary N) is 1. The molecule has 0 atom stereocenters. The number of para-hydroxylation sites is 2. The molecule has 0 aliphatic heterocycles. The Labute approximate surface area is 142 Å². The van der Waals surface area contributed by atoms with Crippen LogP contribution in [-0.4, -0.2) is 13.0 Å². The molecule has 3 aromatic rings. The quantitative estimate of drug-likeness (QED) is 0.730. The second-order valence-corrected chi connectivity index (χ2v) is 7.29. The van der Waals surface area contributed by atoms with E-state index in [-0.39, 0.29) is 4.90 Å². The highest BCUT2D eigenvalue weighted by atomic mass is 32.2. The molecule has 0 saturated heterocycles. The van der Waals surface area contributed by atoms with Gasteiger partial charge in [0.1, 0.15) is 0 Å². The molecule has 3 rings (SSSR count). The second kappa shape index (κ2) is 6.93. The van der Waals surface area contributed by atoms with Gasteiger partial charge in [0, 0.05) is 12.4 Å².